The molecule has 2 amide bonds. The highest BCUT2D eigenvalue weighted by atomic mass is 35.5. The van der Waals surface area contributed by atoms with E-state index < -0.39 is 0 Å². The number of furan rings is 1. The van der Waals surface area contributed by atoms with Crippen molar-refractivity contribution in [2.45, 2.75) is 26.3 Å². The molecule has 3 rings (SSSR count). The lowest BCUT2D eigenvalue weighted by molar-refractivity contribution is 0.0938. The normalized spacial score (nSPS) is 11.8. The van der Waals surface area contributed by atoms with Crippen LogP contribution in [0.2, 0.25) is 5.02 Å². The molecule has 7 heteroatoms. The molecule has 5 nitrogen and oxygen atoms in total. The van der Waals surface area contributed by atoms with E-state index in [0.717, 1.165) is 17.5 Å². The maximum absolute atomic E-state index is 12.7. The van der Waals surface area contributed by atoms with E-state index in [9.17, 15) is 9.59 Å². The van der Waals surface area contributed by atoms with Crippen molar-refractivity contribution in [2.24, 2.45) is 0 Å². The molecular weight excluding hydrogens is 384 g/mol. The number of aryl methyl sites for hydroxylation is 1. The predicted molar refractivity (Wildman–Crippen MR) is 108 cm³/mol. The molecule has 0 aliphatic rings. The third kappa shape index (κ3) is 4.59. The third-order valence-electron chi connectivity index (χ3n) is 4.09. The number of hydrogen-bond donors (Lipinski definition) is 2. The Kier molecular flexibility index (Phi) is 5.98. The fraction of sp³-hybridized carbons (Fsp3) is 0.200. The molecular formula is C20H19ClN2O3S. The molecule has 1 atom stereocenters. The number of benzene rings is 1. The molecule has 0 bridgehead atoms. The van der Waals surface area contributed by atoms with Crippen molar-refractivity contribution in [3.63, 3.8) is 0 Å². The fourth-order valence-electron chi connectivity index (χ4n) is 2.69. The minimum absolute atomic E-state index is 0.113. The highest BCUT2D eigenvalue weighted by Crippen LogP contribution is 2.28. The zero-order valence-corrected chi connectivity index (χ0v) is 16.5. The van der Waals surface area contributed by atoms with Crippen LogP contribution in [0.25, 0.3) is 0 Å². The highest BCUT2D eigenvalue weighted by molar-refractivity contribution is 7.18. The number of carbonyl (C=O) groups excluding carboxylic acids is 2. The second-order valence-corrected chi connectivity index (χ2v) is 7.53. The summed E-state index contributed by atoms with van der Waals surface area (Å²) in [5.41, 5.74) is 1.80. The second-order valence-electron chi connectivity index (χ2n) is 6.04. The summed E-state index contributed by atoms with van der Waals surface area (Å²) in [7, 11) is 0. The topological polar surface area (TPSA) is 71.3 Å². The monoisotopic (exact) mass is 402 g/mol. The van der Waals surface area contributed by atoms with Gasteiger partial charge in [0.05, 0.1) is 22.2 Å². The van der Waals surface area contributed by atoms with Crippen LogP contribution in [0, 0.1) is 6.92 Å². The molecule has 1 aromatic carbocycles. The van der Waals surface area contributed by atoms with Crippen molar-refractivity contribution in [1.29, 1.82) is 0 Å². The Labute approximate surface area is 166 Å². The summed E-state index contributed by atoms with van der Waals surface area (Å²) in [6.45, 7) is 3.85. The largest absolute Gasteiger partial charge is 0.459 e. The van der Waals surface area contributed by atoms with Gasteiger partial charge in [0.2, 0.25) is 0 Å². The van der Waals surface area contributed by atoms with Gasteiger partial charge in [0, 0.05) is 5.02 Å². The second kappa shape index (κ2) is 8.41. The Hall–Kier alpha value is -2.57. The van der Waals surface area contributed by atoms with E-state index in [0.29, 0.717) is 14.9 Å². The van der Waals surface area contributed by atoms with Gasteiger partial charge in [0.1, 0.15) is 0 Å². The Morgan fingerprint density at radius 3 is 2.56 bits per heavy atom. The van der Waals surface area contributed by atoms with Crippen molar-refractivity contribution >= 4 is 39.8 Å². The number of anilines is 1. The number of rotatable bonds is 6. The first-order chi connectivity index (χ1) is 13.0. The number of nitrogens with one attached hydrogen (secondary N) is 2. The van der Waals surface area contributed by atoms with Gasteiger partial charge >= 0.3 is 0 Å². The first-order valence-electron chi connectivity index (χ1n) is 8.49. The molecule has 2 heterocycles. The van der Waals surface area contributed by atoms with Crippen LogP contribution in [0.3, 0.4) is 0 Å². The number of carbonyl (C=O) groups is 2. The van der Waals surface area contributed by atoms with Crippen LogP contribution < -0.4 is 10.6 Å². The van der Waals surface area contributed by atoms with Crippen molar-refractivity contribution < 1.29 is 14.0 Å². The van der Waals surface area contributed by atoms with E-state index in [1.54, 1.807) is 18.2 Å². The predicted octanol–water partition coefficient (Wildman–Crippen LogP) is 5.44. The quantitative estimate of drug-likeness (QED) is 0.577. The molecule has 0 aliphatic carbocycles. The van der Waals surface area contributed by atoms with Crippen LogP contribution in [0.5, 0.6) is 0 Å². The van der Waals surface area contributed by atoms with E-state index in [2.05, 4.69) is 10.6 Å². The summed E-state index contributed by atoms with van der Waals surface area (Å²) >= 11 is 7.17. The van der Waals surface area contributed by atoms with Gasteiger partial charge in [-0.1, -0.05) is 30.7 Å². The fourth-order valence-corrected chi connectivity index (χ4v) is 3.79. The van der Waals surface area contributed by atoms with Gasteiger partial charge < -0.3 is 15.1 Å². The van der Waals surface area contributed by atoms with E-state index in [-0.39, 0.29) is 23.6 Å². The zero-order valence-electron chi connectivity index (χ0n) is 14.9. The third-order valence-corrected chi connectivity index (χ3v) is 5.49. The van der Waals surface area contributed by atoms with Gasteiger partial charge in [-0.2, -0.15) is 0 Å². The Morgan fingerprint density at radius 1 is 1.19 bits per heavy atom. The molecule has 2 aromatic heterocycles. The van der Waals surface area contributed by atoms with Crippen LogP contribution in [0.4, 0.5) is 5.00 Å². The molecule has 0 saturated heterocycles. The first kappa shape index (κ1) is 19.2. The maximum atomic E-state index is 12.7. The van der Waals surface area contributed by atoms with Crippen LogP contribution in [-0.4, -0.2) is 11.8 Å². The molecule has 0 radical (unpaired) electrons. The molecule has 0 saturated carbocycles. The lowest BCUT2D eigenvalue weighted by atomic mass is 10.0. The van der Waals surface area contributed by atoms with Gasteiger partial charge in [-0.05, 0) is 54.8 Å². The molecule has 0 unspecified atom stereocenters. The standard InChI is InChI=1S/C20H19ClN2O3S/c1-3-15(13-6-8-14(21)9-7-13)22-20(25)18-12(2)11-17(27-18)23-19(24)16-5-4-10-26-16/h4-11,15H,3H2,1-2H3,(H,22,25)(H,23,24)/t15-/m0/s1. The van der Waals surface area contributed by atoms with Crippen molar-refractivity contribution in [1.82, 2.24) is 5.32 Å². The van der Waals surface area contributed by atoms with Gasteiger partial charge in [-0.15, -0.1) is 11.3 Å². The molecule has 0 spiro atoms. The van der Waals surface area contributed by atoms with Crippen LogP contribution >= 0.6 is 22.9 Å². The van der Waals surface area contributed by atoms with Crippen LogP contribution in [-0.2, 0) is 0 Å². The Bertz CT molecular complexity index is 933. The molecule has 3 aromatic rings. The molecule has 0 aliphatic heterocycles. The highest BCUT2D eigenvalue weighted by Gasteiger charge is 2.19. The van der Waals surface area contributed by atoms with E-state index >= 15 is 0 Å². The minimum atomic E-state index is -0.346. The smallest absolute Gasteiger partial charge is 0.291 e. The number of amides is 2. The first-order valence-corrected chi connectivity index (χ1v) is 9.69. The van der Waals surface area contributed by atoms with Gasteiger partial charge in [-0.25, -0.2) is 0 Å². The van der Waals surface area contributed by atoms with Gasteiger partial charge in [0.15, 0.2) is 5.76 Å². The Morgan fingerprint density at radius 2 is 1.93 bits per heavy atom. The maximum Gasteiger partial charge on any atom is 0.291 e. The molecule has 27 heavy (non-hydrogen) atoms. The zero-order chi connectivity index (χ0) is 19.4. The number of hydrogen-bond acceptors (Lipinski definition) is 4. The number of halogens is 1. The number of thiophene rings is 1. The lowest BCUT2D eigenvalue weighted by Crippen LogP contribution is -2.27. The minimum Gasteiger partial charge on any atom is -0.459 e. The lowest BCUT2D eigenvalue weighted by Gasteiger charge is -2.17. The summed E-state index contributed by atoms with van der Waals surface area (Å²) in [6, 6.07) is 12.3. The van der Waals surface area contributed by atoms with Gasteiger partial charge in [0.25, 0.3) is 11.8 Å². The van der Waals surface area contributed by atoms with E-state index in [4.69, 9.17) is 16.0 Å². The van der Waals surface area contributed by atoms with E-state index in [1.807, 2.05) is 38.1 Å². The SMILES string of the molecule is CC[C@H](NC(=O)c1sc(NC(=O)c2ccco2)cc1C)c1ccc(Cl)cc1. The molecule has 0 fully saturated rings. The Balaban J connectivity index is 1.71. The average molecular weight is 403 g/mol. The van der Waals surface area contributed by atoms with Crippen molar-refractivity contribution in [3.05, 3.63) is 75.5 Å². The van der Waals surface area contributed by atoms with E-state index in [1.165, 1.54) is 17.6 Å². The molecule has 140 valence electrons. The van der Waals surface area contributed by atoms with Crippen molar-refractivity contribution in [2.75, 3.05) is 5.32 Å². The molecule has 2 N–H and O–H groups in total. The van der Waals surface area contributed by atoms with Gasteiger partial charge in [-0.3, -0.25) is 9.59 Å². The van der Waals surface area contributed by atoms with Crippen LogP contribution in [0.15, 0.2) is 53.1 Å². The summed E-state index contributed by atoms with van der Waals surface area (Å²) in [5.74, 6) is -0.292. The average Bonchev–Trinajstić information content (AvgIpc) is 3.30. The summed E-state index contributed by atoms with van der Waals surface area (Å²) in [6.07, 6.45) is 2.19. The van der Waals surface area contributed by atoms with Crippen molar-refractivity contribution in [3.8, 4) is 0 Å². The summed E-state index contributed by atoms with van der Waals surface area (Å²) in [5, 5.41) is 7.06. The summed E-state index contributed by atoms with van der Waals surface area (Å²) in [4.78, 5) is 25.4. The summed E-state index contributed by atoms with van der Waals surface area (Å²) < 4.78 is 5.08. The van der Waals surface area contributed by atoms with Crippen LogP contribution in [0.1, 0.15) is 50.7 Å².